The molecule has 1 aliphatic carbocycles. The van der Waals surface area contributed by atoms with Crippen molar-refractivity contribution in [1.29, 1.82) is 0 Å². The van der Waals surface area contributed by atoms with E-state index in [-0.39, 0.29) is 17.6 Å². The summed E-state index contributed by atoms with van der Waals surface area (Å²) in [6.07, 6.45) is 2.83. The maximum atomic E-state index is 10.9. The zero-order valence-electron chi connectivity index (χ0n) is 5.60. The van der Waals surface area contributed by atoms with Gasteiger partial charge in [-0.1, -0.05) is 6.42 Å². The van der Waals surface area contributed by atoms with Crippen LogP contribution >= 0.6 is 11.6 Å². The first-order valence-corrected chi connectivity index (χ1v) is 3.92. The van der Waals surface area contributed by atoms with Gasteiger partial charge in [0.15, 0.2) is 0 Å². The van der Waals surface area contributed by atoms with Crippen LogP contribution in [0.1, 0.15) is 19.3 Å². The van der Waals surface area contributed by atoms with Gasteiger partial charge < -0.3 is 0 Å². The topological polar surface area (TPSA) is 34.1 Å². The molecule has 0 saturated heterocycles. The molecule has 2 nitrogen and oxygen atoms in total. The molecular weight excluding hydrogens is 152 g/mol. The highest BCUT2D eigenvalue weighted by molar-refractivity contribution is 6.47. The maximum absolute atomic E-state index is 10.9. The van der Waals surface area contributed by atoms with Crippen LogP contribution < -0.4 is 0 Å². The van der Waals surface area contributed by atoms with E-state index < -0.39 is 5.78 Å². The van der Waals surface area contributed by atoms with Crippen molar-refractivity contribution in [3.8, 4) is 0 Å². The quantitative estimate of drug-likeness (QED) is 0.459. The Morgan fingerprint density at radius 1 is 1.40 bits per heavy atom. The third-order valence-electron chi connectivity index (χ3n) is 1.87. The Kier molecular flexibility index (Phi) is 2.44. The Balaban J connectivity index is 2.39. The van der Waals surface area contributed by atoms with Crippen LogP contribution in [-0.2, 0) is 9.59 Å². The average Bonchev–Trinajstić information content (AvgIpc) is 1.82. The van der Waals surface area contributed by atoms with Crippen molar-refractivity contribution in [1.82, 2.24) is 0 Å². The van der Waals surface area contributed by atoms with E-state index in [9.17, 15) is 9.59 Å². The lowest BCUT2D eigenvalue weighted by Gasteiger charge is -2.22. The first kappa shape index (κ1) is 7.73. The molecule has 0 aliphatic heterocycles. The van der Waals surface area contributed by atoms with E-state index in [4.69, 9.17) is 11.6 Å². The maximum Gasteiger partial charge on any atom is 0.213 e. The molecule has 1 aliphatic rings. The fourth-order valence-electron chi connectivity index (χ4n) is 0.964. The molecule has 0 aromatic rings. The molecule has 0 aromatic carbocycles. The molecule has 56 valence electrons. The molecule has 1 rings (SSSR count). The van der Waals surface area contributed by atoms with Crippen LogP contribution in [0, 0.1) is 5.92 Å². The molecule has 1 fully saturated rings. The average molecular weight is 161 g/mol. The van der Waals surface area contributed by atoms with Crippen LogP contribution in [-0.4, -0.2) is 17.4 Å². The van der Waals surface area contributed by atoms with Gasteiger partial charge in [-0.2, -0.15) is 0 Å². The van der Waals surface area contributed by atoms with E-state index in [1.165, 1.54) is 0 Å². The molecule has 0 unspecified atom stereocenters. The molecule has 0 aromatic heterocycles. The lowest BCUT2D eigenvalue weighted by molar-refractivity contribution is -0.139. The van der Waals surface area contributed by atoms with Gasteiger partial charge >= 0.3 is 0 Å². The van der Waals surface area contributed by atoms with E-state index in [0.717, 1.165) is 19.3 Å². The second kappa shape index (κ2) is 3.15. The molecular formula is C7H9ClO2. The summed E-state index contributed by atoms with van der Waals surface area (Å²) in [6, 6.07) is 0. The van der Waals surface area contributed by atoms with Gasteiger partial charge in [0, 0.05) is 5.92 Å². The zero-order valence-corrected chi connectivity index (χ0v) is 6.36. The van der Waals surface area contributed by atoms with Crippen LogP contribution in [0.2, 0.25) is 0 Å². The van der Waals surface area contributed by atoms with Crippen molar-refractivity contribution in [2.24, 2.45) is 5.92 Å². The number of rotatable bonds is 3. The molecule has 0 bridgehead atoms. The summed E-state index contributed by atoms with van der Waals surface area (Å²) in [4.78, 5) is 21.6. The fraction of sp³-hybridized carbons (Fsp3) is 0.714. The van der Waals surface area contributed by atoms with Gasteiger partial charge in [0.2, 0.25) is 11.6 Å². The Morgan fingerprint density at radius 2 is 2.00 bits per heavy atom. The first-order valence-electron chi connectivity index (χ1n) is 3.38. The summed E-state index contributed by atoms with van der Waals surface area (Å²) in [5, 5.41) is 0. The molecule has 1 saturated carbocycles. The highest BCUT2D eigenvalue weighted by Crippen LogP contribution is 2.27. The van der Waals surface area contributed by atoms with Crippen molar-refractivity contribution in [2.75, 3.05) is 5.88 Å². The normalized spacial score (nSPS) is 18.1. The summed E-state index contributed by atoms with van der Waals surface area (Å²) in [7, 11) is 0. The van der Waals surface area contributed by atoms with Gasteiger partial charge in [-0.25, -0.2) is 0 Å². The van der Waals surface area contributed by atoms with Crippen molar-refractivity contribution < 1.29 is 9.59 Å². The minimum absolute atomic E-state index is 0.00579. The van der Waals surface area contributed by atoms with Gasteiger partial charge in [-0.05, 0) is 12.8 Å². The molecule has 0 atom stereocenters. The standard InChI is InChI=1S/C7H9ClO2/c8-4-6(9)7(10)5-2-1-3-5/h5H,1-4H2. The van der Waals surface area contributed by atoms with E-state index in [1.54, 1.807) is 0 Å². The van der Waals surface area contributed by atoms with E-state index in [0.29, 0.717) is 0 Å². The fourth-order valence-corrected chi connectivity index (χ4v) is 1.10. The third kappa shape index (κ3) is 1.37. The SMILES string of the molecule is O=C(CCl)C(=O)C1CCC1. The summed E-state index contributed by atoms with van der Waals surface area (Å²) in [6.45, 7) is 0. The molecule has 3 heteroatoms. The number of ketones is 2. The minimum atomic E-state index is -0.425. The monoisotopic (exact) mass is 160 g/mol. The smallest absolute Gasteiger partial charge is 0.213 e. The highest BCUT2D eigenvalue weighted by Gasteiger charge is 2.29. The molecule has 0 spiro atoms. The largest absolute Gasteiger partial charge is 0.291 e. The van der Waals surface area contributed by atoms with E-state index in [1.807, 2.05) is 0 Å². The van der Waals surface area contributed by atoms with Crippen LogP contribution in [0.5, 0.6) is 0 Å². The van der Waals surface area contributed by atoms with Gasteiger partial charge in [0.05, 0.1) is 5.88 Å². The summed E-state index contributed by atoms with van der Waals surface area (Å²) < 4.78 is 0. The lowest BCUT2D eigenvalue weighted by Crippen LogP contribution is -2.29. The van der Waals surface area contributed by atoms with E-state index in [2.05, 4.69) is 0 Å². The number of alkyl halides is 1. The number of hydrogen-bond donors (Lipinski definition) is 0. The lowest BCUT2D eigenvalue weighted by atomic mass is 9.81. The Bertz CT molecular complexity index is 161. The molecule has 0 N–H and O–H groups in total. The second-order valence-corrected chi connectivity index (χ2v) is 2.82. The molecule has 0 amide bonds. The predicted molar refractivity (Wildman–Crippen MR) is 38.1 cm³/mol. The number of halogens is 1. The highest BCUT2D eigenvalue weighted by atomic mass is 35.5. The number of hydrogen-bond acceptors (Lipinski definition) is 2. The van der Waals surface area contributed by atoms with E-state index >= 15 is 0 Å². The molecule has 0 heterocycles. The van der Waals surface area contributed by atoms with Gasteiger partial charge in [-0.15, -0.1) is 11.6 Å². The van der Waals surface area contributed by atoms with Gasteiger partial charge in [0.1, 0.15) is 0 Å². The minimum Gasteiger partial charge on any atom is -0.291 e. The first-order chi connectivity index (χ1) is 4.75. The van der Waals surface area contributed by atoms with Gasteiger partial charge in [-0.3, -0.25) is 9.59 Å². The number of carbonyl (C=O) groups is 2. The summed E-state index contributed by atoms with van der Waals surface area (Å²) >= 11 is 5.20. The Morgan fingerprint density at radius 3 is 2.30 bits per heavy atom. The van der Waals surface area contributed by atoms with Crippen LogP contribution in [0.15, 0.2) is 0 Å². The second-order valence-electron chi connectivity index (χ2n) is 2.55. The van der Waals surface area contributed by atoms with Crippen molar-refractivity contribution >= 4 is 23.2 Å². The van der Waals surface area contributed by atoms with Crippen molar-refractivity contribution in [3.63, 3.8) is 0 Å². The van der Waals surface area contributed by atoms with Crippen LogP contribution in [0.25, 0.3) is 0 Å². The summed E-state index contributed by atoms with van der Waals surface area (Å²) in [5.41, 5.74) is 0. The Hall–Kier alpha value is -0.370. The van der Waals surface area contributed by atoms with Gasteiger partial charge in [0.25, 0.3) is 0 Å². The zero-order chi connectivity index (χ0) is 7.56. The van der Waals surface area contributed by atoms with Crippen LogP contribution in [0.3, 0.4) is 0 Å². The van der Waals surface area contributed by atoms with Crippen molar-refractivity contribution in [3.05, 3.63) is 0 Å². The predicted octanol–water partition coefficient (Wildman–Crippen LogP) is 1.16. The number of carbonyl (C=O) groups excluding carboxylic acids is 2. The molecule has 0 radical (unpaired) electrons. The number of Topliss-reactive ketones (excluding diaryl/α,β-unsaturated/α-hetero) is 2. The van der Waals surface area contributed by atoms with Crippen molar-refractivity contribution in [2.45, 2.75) is 19.3 Å². The van der Waals surface area contributed by atoms with Crippen LogP contribution in [0.4, 0.5) is 0 Å². The Labute approximate surface area is 64.5 Å². The summed E-state index contributed by atoms with van der Waals surface area (Å²) in [5.74, 6) is -0.839. The molecule has 10 heavy (non-hydrogen) atoms. The third-order valence-corrected chi connectivity index (χ3v) is 2.11.